The molecule has 0 radical (unpaired) electrons. The molecule has 0 bridgehead atoms. The molecule has 2 N–H and O–H groups in total. The molecule has 2 heterocycles. The van der Waals surface area contributed by atoms with Crippen LogP contribution in [0.25, 0.3) is 0 Å². The lowest BCUT2D eigenvalue weighted by Gasteiger charge is -2.01. The molecular formula is C11H10BrN3S. The van der Waals surface area contributed by atoms with Gasteiger partial charge in [-0.2, -0.15) is 0 Å². The van der Waals surface area contributed by atoms with Crippen molar-refractivity contribution in [1.29, 1.82) is 0 Å². The first kappa shape index (κ1) is 11.6. The third kappa shape index (κ3) is 3.04. The first-order valence-electron chi connectivity index (χ1n) is 4.72. The molecular weight excluding hydrogens is 286 g/mol. The summed E-state index contributed by atoms with van der Waals surface area (Å²) in [5, 5.41) is 0.950. The van der Waals surface area contributed by atoms with Gasteiger partial charge in [-0.3, -0.25) is 4.98 Å². The summed E-state index contributed by atoms with van der Waals surface area (Å²) < 4.78 is 0.980. The molecule has 16 heavy (non-hydrogen) atoms. The van der Waals surface area contributed by atoms with Crippen molar-refractivity contribution in [2.75, 3.05) is 0 Å². The van der Waals surface area contributed by atoms with Crippen LogP contribution in [-0.2, 0) is 6.54 Å². The maximum atomic E-state index is 5.48. The van der Waals surface area contributed by atoms with E-state index in [9.17, 15) is 0 Å². The predicted molar refractivity (Wildman–Crippen MR) is 68.2 cm³/mol. The number of halogens is 1. The average Bonchev–Trinajstić information content (AvgIpc) is 2.33. The average molecular weight is 296 g/mol. The molecule has 0 amide bonds. The summed E-state index contributed by atoms with van der Waals surface area (Å²) in [4.78, 5) is 9.57. The van der Waals surface area contributed by atoms with Crippen molar-refractivity contribution < 1.29 is 0 Å². The van der Waals surface area contributed by atoms with Crippen molar-refractivity contribution in [3.8, 4) is 0 Å². The van der Waals surface area contributed by atoms with E-state index in [0.717, 1.165) is 20.1 Å². The molecule has 0 aliphatic carbocycles. The smallest absolute Gasteiger partial charge is 0.101 e. The molecule has 0 atom stereocenters. The highest BCUT2D eigenvalue weighted by Gasteiger charge is 1.99. The topological polar surface area (TPSA) is 51.8 Å². The Bertz CT molecular complexity index is 456. The lowest BCUT2D eigenvalue weighted by molar-refractivity contribution is 0.976. The summed E-state index contributed by atoms with van der Waals surface area (Å²) in [6, 6.07) is 7.87. The zero-order valence-corrected chi connectivity index (χ0v) is 10.8. The lowest BCUT2D eigenvalue weighted by Crippen LogP contribution is -1.98. The molecule has 5 heteroatoms. The Morgan fingerprint density at radius 3 is 2.56 bits per heavy atom. The fraction of sp³-hybridized carbons (Fsp3) is 0.0909. The number of nitrogens with zero attached hydrogens (tertiary/aromatic N) is 2. The highest BCUT2D eigenvalue weighted by molar-refractivity contribution is 9.10. The fourth-order valence-corrected chi connectivity index (χ4v) is 2.09. The van der Waals surface area contributed by atoms with Crippen molar-refractivity contribution >= 4 is 27.7 Å². The summed E-state index contributed by atoms with van der Waals surface area (Å²) in [6.45, 7) is 0.474. The van der Waals surface area contributed by atoms with Crippen LogP contribution in [0, 0.1) is 0 Å². The van der Waals surface area contributed by atoms with Gasteiger partial charge in [-0.05, 0) is 40.2 Å². The predicted octanol–water partition coefficient (Wildman–Crippen LogP) is 2.85. The summed E-state index contributed by atoms with van der Waals surface area (Å²) in [7, 11) is 0. The summed E-state index contributed by atoms with van der Waals surface area (Å²) >= 11 is 4.93. The standard InChI is InChI=1S/C11H10BrN3S/c12-8-1-4-11(15-6-8)16-10-3-2-9(5-13)14-7-10/h1-4,6-7H,5,13H2. The second-order valence-corrected chi connectivity index (χ2v) is 5.12. The minimum absolute atomic E-state index is 0.474. The van der Waals surface area contributed by atoms with E-state index in [0.29, 0.717) is 6.54 Å². The van der Waals surface area contributed by atoms with E-state index in [1.165, 1.54) is 0 Å². The van der Waals surface area contributed by atoms with Crippen LogP contribution in [0.3, 0.4) is 0 Å². The molecule has 0 unspecified atom stereocenters. The molecule has 0 aromatic carbocycles. The summed E-state index contributed by atoms with van der Waals surface area (Å²) in [5.74, 6) is 0. The zero-order valence-electron chi connectivity index (χ0n) is 8.43. The van der Waals surface area contributed by atoms with Crippen molar-refractivity contribution in [2.24, 2.45) is 5.73 Å². The number of nitrogens with two attached hydrogens (primary N) is 1. The Morgan fingerprint density at radius 1 is 1.12 bits per heavy atom. The number of pyridine rings is 2. The first-order valence-corrected chi connectivity index (χ1v) is 6.33. The molecule has 2 rings (SSSR count). The number of aromatic nitrogens is 2. The van der Waals surface area contributed by atoms with Crippen LogP contribution in [0.15, 0.2) is 51.1 Å². The molecule has 0 saturated carbocycles. The van der Waals surface area contributed by atoms with E-state index in [1.54, 1.807) is 18.0 Å². The molecule has 2 aromatic heterocycles. The highest BCUT2D eigenvalue weighted by Crippen LogP contribution is 2.25. The quantitative estimate of drug-likeness (QED) is 0.946. The minimum atomic E-state index is 0.474. The van der Waals surface area contributed by atoms with Gasteiger partial charge in [-0.1, -0.05) is 11.8 Å². The van der Waals surface area contributed by atoms with E-state index >= 15 is 0 Å². The van der Waals surface area contributed by atoms with Crippen LogP contribution in [0.2, 0.25) is 0 Å². The van der Waals surface area contributed by atoms with Gasteiger partial charge in [0.1, 0.15) is 5.03 Å². The van der Waals surface area contributed by atoms with Crippen LogP contribution in [-0.4, -0.2) is 9.97 Å². The van der Waals surface area contributed by atoms with Gasteiger partial charge < -0.3 is 5.73 Å². The number of hydrogen-bond donors (Lipinski definition) is 1. The minimum Gasteiger partial charge on any atom is -0.325 e. The lowest BCUT2D eigenvalue weighted by atomic mass is 10.4. The van der Waals surface area contributed by atoms with Crippen molar-refractivity contribution in [3.05, 3.63) is 46.8 Å². The summed E-state index contributed by atoms with van der Waals surface area (Å²) in [6.07, 6.45) is 3.60. The SMILES string of the molecule is NCc1ccc(Sc2ccc(Br)cn2)cn1. The Morgan fingerprint density at radius 2 is 2.00 bits per heavy atom. The monoisotopic (exact) mass is 295 g/mol. The molecule has 0 aliphatic heterocycles. The number of rotatable bonds is 3. The van der Waals surface area contributed by atoms with Gasteiger partial charge in [0.05, 0.1) is 5.69 Å². The maximum absolute atomic E-state index is 5.48. The Balaban J connectivity index is 2.11. The van der Waals surface area contributed by atoms with Gasteiger partial charge in [-0.25, -0.2) is 4.98 Å². The Hall–Kier alpha value is -0.910. The third-order valence-electron chi connectivity index (χ3n) is 1.93. The van der Waals surface area contributed by atoms with Gasteiger partial charge in [0.2, 0.25) is 0 Å². The fourth-order valence-electron chi connectivity index (χ4n) is 1.14. The van der Waals surface area contributed by atoms with E-state index in [4.69, 9.17) is 5.73 Å². The van der Waals surface area contributed by atoms with Gasteiger partial charge in [0, 0.05) is 28.3 Å². The highest BCUT2D eigenvalue weighted by atomic mass is 79.9. The van der Waals surface area contributed by atoms with Gasteiger partial charge in [0.15, 0.2) is 0 Å². The van der Waals surface area contributed by atoms with Crippen molar-refractivity contribution in [1.82, 2.24) is 9.97 Å². The van der Waals surface area contributed by atoms with E-state index in [1.807, 2.05) is 30.5 Å². The Kier molecular flexibility index (Phi) is 3.93. The second kappa shape index (κ2) is 5.43. The normalized spacial score (nSPS) is 10.4. The molecule has 0 fully saturated rings. The zero-order chi connectivity index (χ0) is 11.4. The first-order chi connectivity index (χ1) is 7.78. The third-order valence-corrected chi connectivity index (χ3v) is 3.33. The van der Waals surface area contributed by atoms with E-state index < -0.39 is 0 Å². The van der Waals surface area contributed by atoms with Crippen LogP contribution in [0.4, 0.5) is 0 Å². The maximum Gasteiger partial charge on any atom is 0.101 e. The van der Waals surface area contributed by atoms with Crippen LogP contribution in [0.5, 0.6) is 0 Å². The van der Waals surface area contributed by atoms with Gasteiger partial charge in [0.25, 0.3) is 0 Å². The van der Waals surface area contributed by atoms with Crippen LogP contribution < -0.4 is 5.73 Å². The van der Waals surface area contributed by atoms with Gasteiger partial charge >= 0.3 is 0 Å². The Labute approximate surface area is 107 Å². The molecule has 0 spiro atoms. The second-order valence-electron chi connectivity index (χ2n) is 3.11. The molecule has 82 valence electrons. The van der Waals surface area contributed by atoms with E-state index in [-0.39, 0.29) is 0 Å². The van der Waals surface area contributed by atoms with Crippen LogP contribution in [0.1, 0.15) is 5.69 Å². The molecule has 2 aromatic rings. The number of hydrogen-bond acceptors (Lipinski definition) is 4. The largest absolute Gasteiger partial charge is 0.325 e. The van der Waals surface area contributed by atoms with Crippen molar-refractivity contribution in [2.45, 2.75) is 16.5 Å². The van der Waals surface area contributed by atoms with E-state index in [2.05, 4.69) is 25.9 Å². The van der Waals surface area contributed by atoms with Gasteiger partial charge in [-0.15, -0.1) is 0 Å². The molecule has 0 aliphatic rings. The van der Waals surface area contributed by atoms with Crippen molar-refractivity contribution in [3.63, 3.8) is 0 Å². The molecule has 0 saturated heterocycles. The summed E-state index contributed by atoms with van der Waals surface area (Å²) in [5.41, 5.74) is 6.38. The van der Waals surface area contributed by atoms with Crippen LogP contribution >= 0.6 is 27.7 Å². The molecule has 3 nitrogen and oxygen atoms in total.